The van der Waals surface area contributed by atoms with Crippen LogP contribution in [0.1, 0.15) is 33.6 Å². The van der Waals surface area contributed by atoms with Gasteiger partial charge in [0.25, 0.3) is 0 Å². The van der Waals surface area contributed by atoms with Crippen LogP contribution < -0.4 is 10.6 Å². The Morgan fingerprint density at radius 3 is 2.52 bits per heavy atom. The number of aliphatic imine (C=N–C) groups is 1. The third kappa shape index (κ3) is 14.4. The van der Waals surface area contributed by atoms with Crippen molar-refractivity contribution in [1.82, 2.24) is 15.5 Å². The van der Waals surface area contributed by atoms with E-state index >= 15 is 0 Å². The summed E-state index contributed by atoms with van der Waals surface area (Å²) < 4.78 is 12.4. The Bertz CT molecular complexity index is 824. The predicted octanol–water partition coefficient (Wildman–Crippen LogP) is 3.34. The zero-order valence-corrected chi connectivity index (χ0v) is 20.1. The smallest absolute Gasteiger partial charge is 0.244 e. The molecule has 182 valence electrons. The van der Waals surface area contributed by atoms with E-state index in [1.807, 2.05) is 44.0 Å². The fraction of sp³-hybridized carbons (Fsp3) is 0.400. The molecular formula is C25H37FN4O3. The highest BCUT2D eigenvalue weighted by Crippen LogP contribution is 2.19. The fourth-order valence-corrected chi connectivity index (χ4v) is 2.63. The quantitative estimate of drug-likeness (QED) is 0.198. The van der Waals surface area contributed by atoms with Gasteiger partial charge in [0.15, 0.2) is 0 Å². The maximum atomic E-state index is 12.4. The van der Waals surface area contributed by atoms with Crippen LogP contribution >= 0.6 is 0 Å². The summed E-state index contributed by atoms with van der Waals surface area (Å²) in [5.74, 6) is -0.501. The number of amides is 2. The second-order valence-corrected chi connectivity index (χ2v) is 7.05. The molecule has 0 rings (SSSR count). The summed E-state index contributed by atoms with van der Waals surface area (Å²) in [6.45, 7) is 10.3. The number of aliphatic hydroxyl groups is 1. The van der Waals surface area contributed by atoms with Gasteiger partial charge >= 0.3 is 0 Å². The van der Waals surface area contributed by atoms with Crippen molar-refractivity contribution in [2.45, 2.75) is 33.6 Å². The molecule has 0 aromatic heterocycles. The van der Waals surface area contributed by atoms with E-state index in [9.17, 15) is 14.0 Å². The maximum absolute atomic E-state index is 12.4. The molecule has 0 aliphatic rings. The van der Waals surface area contributed by atoms with Crippen LogP contribution in [0, 0.1) is 0 Å². The SMILES string of the molecule is C=C(/C=C/C(=O)NCCO)N=C/C(CC(=CC/C=C/F)/C=C\C)=C(\CNC(C)=O)N(C)CC. The number of allylic oxidation sites excluding steroid dienone is 7. The van der Waals surface area contributed by atoms with Crippen LogP contribution in [0.15, 0.2) is 76.9 Å². The van der Waals surface area contributed by atoms with E-state index in [1.54, 1.807) is 6.21 Å². The van der Waals surface area contributed by atoms with Crippen molar-refractivity contribution in [2.75, 3.05) is 33.3 Å². The molecule has 0 aromatic rings. The average Bonchev–Trinajstić information content (AvgIpc) is 2.79. The minimum atomic E-state index is -0.354. The highest BCUT2D eigenvalue weighted by Gasteiger charge is 2.12. The van der Waals surface area contributed by atoms with Gasteiger partial charge < -0.3 is 20.6 Å². The van der Waals surface area contributed by atoms with Gasteiger partial charge in [-0.1, -0.05) is 30.9 Å². The summed E-state index contributed by atoms with van der Waals surface area (Å²) in [4.78, 5) is 29.6. The van der Waals surface area contributed by atoms with Crippen LogP contribution in [0.25, 0.3) is 0 Å². The lowest BCUT2D eigenvalue weighted by Gasteiger charge is -2.24. The first-order chi connectivity index (χ1) is 15.8. The molecule has 0 aliphatic heterocycles. The molecule has 0 spiro atoms. The lowest BCUT2D eigenvalue weighted by atomic mass is 10.0. The largest absolute Gasteiger partial charge is 0.395 e. The van der Waals surface area contributed by atoms with E-state index in [2.05, 4.69) is 22.2 Å². The lowest BCUT2D eigenvalue weighted by Crippen LogP contribution is -2.31. The normalized spacial score (nSPS) is 13.2. The summed E-state index contributed by atoms with van der Waals surface area (Å²) in [5, 5.41) is 14.1. The Morgan fingerprint density at radius 2 is 1.94 bits per heavy atom. The number of nitrogens with zero attached hydrogens (tertiary/aromatic N) is 2. The average molecular weight is 461 g/mol. The van der Waals surface area contributed by atoms with Gasteiger partial charge in [0.2, 0.25) is 11.8 Å². The first kappa shape index (κ1) is 29.7. The number of carbonyl (C=O) groups is 2. The number of halogens is 1. The second kappa shape index (κ2) is 18.3. The molecule has 0 saturated carbocycles. The molecule has 8 heteroatoms. The molecule has 0 aliphatic carbocycles. The summed E-state index contributed by atoms with van der Waals surface area (Å²) in [6.07, 6.45) is 13.1. The molecule has 2 amide bonds. The zero-order valence-electron chi connectivity index (χ0n) is 20.1. The van der Waals surface area contributed by atoms with E-state index in [4.69, 9.17) is 5.11 Å². The Balaban J connectivity index is 6.05. The van der Waals surface area contributed by atoms with E-state index in [-0.39, 0.29) is 25.0 Å². The van der Waals surface area contributed by atoms with Crippen LogP contribution in [0.3, 0.4) is 0 Å². The summed E-state index contributed by atoms with van der Waals surface area (Å²) in [5.41, 5.74) is 3.05. The number of hydrogen-bond donors (Lipinski definition) is 3. The maximum Gasteiger partial charge on any atom is 0.244 e. The molecule has 0 bridgehead atoms. The third-order valence-electron chi connectivity index (χ3n) is 4.42. The molecule has 0 atom stereocenters. The predicted molar refractivity (Wildman–Crippen MR) is 133 cm³/mol. The minimum Gasteiger partial charge on any atom is -0.395 e. The molecule has 0 unspecified atom stereocenters. The molecule has 0 aromatic carbocycles. The Hall–Kier alpha value is -3.26. The number of rotatable bonds is 15. The zero-order chi connectivity index (χ0) is 25.1. The molecule has 0 heterocycles. The molecule has 33 heavy (non-hydrogen) atoms. The Morgan fingerprint density at radius 1 is 1.21 bits per heavy atom. The molecule has 0 fully saturated rings. The number of carbonyl (C=O) groups excluding carboxylic acids is 2. The van der Waals surface area contributed by atoms with Crippen LogP contribution in [0.4, 0.5) is 4.39 Å². The highest BCUT2D eigenvalue weighted by molar-refractivity contribution is 5.88. The summed E-state index contributed by atoms with van der Waals surface area (Å²) in [6, 6.07) is 0. The molecule has 3 N–H and O–H groups in total. The Labute approximate surface area is 196 Å². The van der Waals surface area contributed by atoms with Crippen molar-refractivity contribution in [3.05, 3.63) is 71.9 Å². The molecular weight excluding hydrogens is 423 g/mol. The van der Waals surface area contributed by atoms with Gasteiger partial charge in [-0.25, -0.2) is 4.39 Å². The van der Waals surface area contributed by atoms with Crippen molar-refractivity contribution in [1.29, 1.82) is 0 Å². The molecule has 0 radical (unpaired) electrons. The summed E-state index contributed by atoms with van der Waals surface area (Å²) >= 11 is 0. The highest BCUT2D eigenvalue weighted by atomic mass is 19.1. The molecule has 7 nitrogen and oxygen atoms in total. The van der Waals surface area contributed by atoms with E-state index in [0.29, 0.717) is 38.0 Å². The van der Waals surface area contributed by atoms with Gasteiger partial charge in [-0.3, -0.25) is 14.6 Å². The second-order valence-electron chi connectivity index (χ2n) is 7.05. The van der Waals surface area contributed by atoms with Gasteiger partial charge in [0, 0.05) is 51.5 Å². The minimum absolute atomic E-state index is 0.141. The van der Waals surface area contributed by atoms with E-state index in [0.717, 1.165) is 16.8 Å². The number of likely N-dealkylation sites (N-methyl/N-ethyl adjacent to an activating group) is 1. The van der Waals surface area contributed by atoms with Gasteiger partial charge in [0.1, 0.15) is 0 Å². The van der Waals surface area contributed by atoms with Crippen molar-refractivity contribution in [2.24, 2.45) is 4.99 Å². The van der Waals surface area contributed by atoms with Crippen LogP contribution in [0.2, 0.25) is 0 Å². The standard InChI is InChI=1S/C25H37FN4O3/c1-6-10-22(11-8-9-14-26)17-23(24(30(5)7-2)19-29-21(4)32)18-28-20(3)12-13-25(33)27-15-16-31/h6,9-14,18,31H,3,7-8,15-17,19H2,1-2,4-5H3,(H,27,33)(H,29,32)/b10-6-,13-12+,14-9+,22-11?,24-23+,28-18?. The van der Waals surface area contributed by atoms with Gasteiger partial charge in [0.05, 0.1) is 25.2 Å². The monoisotopic (exact) mass is 460 g/mol. The number of aliphatic hydroxyl groups excluding tert-OH is 1. The van der Waals surface area contributed by atoms with E-state index in [1.165, 1.54) is 25.2 Å². The Kier molecular flexibility index (Phi) is 16.5. The lowest BCUT2D eigenvalue weighted by molar-refractivity contribution is -0.119. The van der Waals surface area contributed by atoms with Crippen LogP contribution in [-0.4, -0.2) is 61.3 Å². The fourth-order valence-electron chi connectivity index (χ4n) is 2.63. The van der Waals surface area contributed by atoms with Gasteiger partial charge in [-0.15, -0.1) is 0 Å². The van der Waals surface area contributed by atoms with Crippen molar-refractivity contribution < 1.29 is 19.1 Å². The summed E-state index contributed by atoms with van der Waals surface area (Å²) in [7, 11) is 1.93. The van der Waals surface area contributed by atoms with Crippen LogP contribution in [0.5, 0.6) is 0 Å². The third-order valence-corrected chi connectivity index (χ3v) is 4.42. The van der Waals surface area contributed by atoms with Crippen molar-refractivity contribution >= 4 is 18.0 Å². The van der Waals surface area contributed by atoms with Crippen LogP contribution in [-0.2, 0) is 9.59 Å². The topological polar surface area (TPSA) is 94.0 Å². The van der Waals surface area contributed by atoms with Gasteiger partial charge in [-0.2, -0.15) is 0 Å². The van der Waals surface area contributed by atoms with Crippen molar-refractivity contribution in [3.63, 3.8) is 0 Å². The van der Waals surface area contributed by atoms with Crippen molar-refractivity contribution in [3.8, 4) is 0 Å². The van der Waals surface area contributed by atoms with E-state index < -0.39 is 0 Å². The first-order valence-corrected chi connectivity index (χ1v) is 10.8. The first-order valence-electron chi connectivity index (χ1n) is 10.8. The number of hydrogen-bond acceptors (Lipinski definition) is 5. The molecule has 0 saturated heterocycles. The number of nitrogens with one attached hydrogen (secondary N) is 2. The van der Waals surface area contributed by atoms with Gasteiger partial charge in [-0.05, 0) is 37.5 Å².